The minimum atomic E-state index is -0.529. The molecule has 1 amide bonds. The summed E-state index contributed by atoms with van der Waals surface area (Å²) in [4.78, 5) is 24.6. The third kappa shape index (κ3) is 2.87. The van der Waals surface area contributed by atoms with Gasteiger partial charge in [0.05, 0.1) is 18.1 Å². The van der Waals surface area contributed by atoms with E-state index in [1.165, 1.54) is 18.1 Å². The molecule has 1 aromatic carbocycles. The van der Waals surface area contributed by atoms with E-state index in [9.17, 15) is 14.0 Å². The number of ether oxygens (including phenoxy) is 1. The second-order valence-electron chi connectivity index (χ2n) is 4.41. The lowest BCUT2D eigenvalue weighted by Crippen LogP contribution is -2.26. The molecule has 1 atom stereocenters. The van der Waals surface area contributed by atoms with E-state index in [4.69, 9.17) is 11.6 Å². The molecule has 4 nitrogen and oxygen atoms in total. The highest BCUT2D eigenvalue weighted by Gasteiger charge is 2.35. The minimum absolute atomic E-state index is 0.0219. The number of likely N-dealkylation sites (tertiary alicyclic amines) is 1. The molecule has 0 aromatic heterocycles. The van der Waals surface area contributed by atoms with E-state index < -0.39 is 17.7 Å². The molecule has 0 radical (unpaired) electrons. The molecule has 2 rings (SSSR count). The van der Waals surface area contributed by atoms with E-state index in [-0.39, 0.29) is 30.4 Å². The predicted molar refractivity (Wildman–Crippen MR) is 67.0 cm³/mol. The van der Waals surface area contributed by atoms with E-state index in [1.54, 1.807) is 12.1 Å². The molecule has 0 saturated carbocycles. The van der Waals surface area contributed by atoms with Crippen LogP contribution >= 0.6 is 11.6 Å². The van der Waals surface area contributed by atoms with Crippen LogP contribution in [-0.4, -0.2) is 30.4 Å². The van der Waals surface area contributed by atoms with Crippen molar-refractivity contribution in [3.8, 4) is 0 Å². The van der Waals surface area contributed by atoms with Crippen LogP contribution in [0.5, 0.6) is 0 Å². The largest absolute Gasteiger partial charge is 0.469 e. The molecule has 19 heavy (non-hydrogen) atoms. The molecule has 1 aliphatic heterocycles. The van der Waals surface area contributed by atoms with Gasteiger partial charge >= 0.3 is 5.97 Å². The Bertz CT molecular complexity index is 521. The van der Waals surface area contributed by atoms with Crippen LogP contribution in [0.1, 0.15) is 12.0 Å². The maximum Gasteiger partial charge on any atom is 0.310 e. The molecule has 1 fully saturated rings. The summed E-state index contributed by atoms with van der Waals surface area (Å²) in [6.45, 7) is 0.357. The predicted octanol–water partition coefficient (Wildman–Crippen LogP) is 2.00. The number of benzene rings is 1. The Morgan fingerprint density at radius 3 is 3.00 bits per heavy atom. The summed E-state index contributed by atoms with van der Waals surface area (Å²) >= 11 is 5.68. The number of nitrogens with zero attached hydrogens (tertiary/aromatic N) is 1. The molecule has 0 spiro atoms. The quantitative estimate of drug-likeness (QED) is 0.798. The molecule has 102 valence electrons. The van der Waals surface area contributed by atoms with Crippen LogP contribution in [0, 0.1) is 11.7 Å². The number of methoxy groups -OCH3 is 1. The van der Waals surface area contributed by atoms with Gasteiger partial charge in [0.1, 0.15) is 5.82 Å². The zero-order valence-corrected chi connectivity index (χ0v) is 11.1. The van der Waals surface area contributed by atoms with Crippen LogP contribution in [0.15, 0.2) is 18.2 Å². The summed E-state index contributed by atoms with van der Waals surface area (Å²) in [5, 5.41) is 0.0219. The fraction of sp³-hybridized carbons (Fsp3) is 0.385. The number of carbonyl (C=O) groups excluding carboxylic acids is 2. The summed E-state index contributed by atoms with van der Waals surface area (Å²) in [5.41, 5.74) is 0.339. The summed E-state index contributed by atoms with van der Waals surface area (Å²) in [7, 11) is 1.28. The number of hydrogen-bond donors (Lipinski definition) is 0. The second-order valence-corrected chi connectivity index (χ2v) is 4.82. The highest BCUT2D eigenvalue weighted by Crippen LogP contribution is 2.24. The lowest BCUT2D eigenvalue weighted by atomic mass is 10.1. The Hall–Kier alpha value is -1.62. The highest BCUT2D eigenvalue weighted by atomic mass is 35.5. The van der Waals surface area contributed by atoms with Crippen molar-refractivity contribution in [2.24, 2.45) is 5.92 Å². The molecule has 0 N–H and O–H groups in total. The van der Waals surface area contributed by atoms with Gasteiger partial charge in [-0.2, -0.15) is 0 Å². The van der Waals surface area contributed by atoms with Crippen LogP contribution in [0.25, 0.3) is 0 Å². The molecule has 0 bridgehead atoms. The van der Waals surface area contributed by atoms with Gasteiger partial charge in [-0.15, -0.1) is 0 Å². The molecule has 6 heteroatoms. The van der Waals surface area contributed by atoms with Crippen molar-refractivity contribution in [1.29, 1.82) is 0 Å². The normalized spacial score (nSPS) is 18.8. The van der Waals surface area contributed by atoms with Crippen molar-refractivity contribution >= 4 is 23.5 Å². The number of carbonyl (C=O) groups is 2. The lowest BCUT2D eigenvalue weighted by molar-refractivity contribution is -0.145. The van der Waals surface area contributed by atoms with Crippen LogP contribution in [0.2, 0.25) is 5.02 Å². The van der Waals surface area contributed by atoms with E-state index in [0.29, 0.717) is 5.56 Å². The van der Waals surface area contributed by atoms with Crippen LogP contribution in [-0.2, 0) is 20.9 Å². The maximum absolute atomic E-state index is 13.7. The minimum Gasteiger partial charge on any atom is -0.469 e. The van der Waals surface area contributed by atoms with Gasteiger partial charge in [-0.25, -0.2) is 4.39 Å². The number of esters is 1. The molecule has 1 aromatic rings. The average Bonchev–Trinajstić information content (AvgIpc) is 2.75. The third-order valence-corrected chi connectivity index (χ3v) is 3.43. The van der Waals surface area contributed by atoms with Crippen LogP contribution in [0.3, 0.4) is 0 Å². The Balaban J connectivity index is 2.10. The number of halogens is 2. The molecule has 1 aliphatic rings. The molecule has 1 unspecified atom stereocenters. The van der Waals surface area contributed by atoms with Crippen LogP contribution < -0.4 is 0 Å². The van der Waals surface area contributed by atoms with E-state index in [0.717, 1.165) is 0 Å². The molecule has 0 aliphatic carbocycles. The van der Waals surface area contributed by atoms with Gasteiger partial charge in [-0.05, 0) is 6.07 Å². The van der Waals surface area contributed by atoms with Gasteiger partial charge in [-0.3, -0.25) is 9.59 Å². The van der Waals surface area contributed by atoms with Crippen molar-refractivity contribution in [2.45, 2.75) is 13.0 Å². The van der Waals surface area contributed by atoms with Gasteiger partial charge in [-0.1, -0.05) is 23.7 Å². The van der Waals surface area contributed by atoms with Crippen molar-refractivity contribution in [3.63, 3.8) is 0 Å². The highest BCUT2D eigenvalue weighted by molar-refractivity contribution is 6.30. The van der Waals surface area contributed by atoms with Gasteiger partial charge in [0.2, 0.25) is 5.91 Å². The Morgan fingerprint density at radius 2 is 2.32 bits per heavy atom. The Labute approximate surface area is 115 Å². The van der Waals surface area contributed by atoms with Gasteiger partial charge in [0, 0.05) is 25.1 Å². The zero-order valence-electron chi connectivity index (χ0n) is 10.4. The average molecular weight is 286 g/mol. The number of rotatable bonds is 3. The SMILES string of the molecule is COC(=O)C1CC(=O)N(Cc2cccc(Cl)c2F)C1. The summed E-state index contributed by atoms with van der Waals surface area (Å²) in [6, 6.07) is 4.64. The Morgan fingerprint density at radius 1 is 1.58 bits per heavy atom. The van der Waals surface area contributed by atoms with Gasteiger partial charge in [0.15, 0.2) is 0 Å². The monoisotopic (exact) mass is 285 g/mol. The lowest BCUT2D eigenvalue weighted by Gasteiger charge is -2.17. The number of amides is 1. The van der Waals surface area contributed by atoms with E-state index >= 15 is 0 Å². The Kier molecular flexibility index (Phi) is 4.04. The molecule has 1 heterocycles. The zero-order chi connectivity index (χ0) is 14.0. The van der Waals surface area contributed by atoms with Crippen LogP contribution in [0.4, 0.5) is 4.39 Å². The molecule has 1 saturated heterocycles. The van der Waals surface area contributed by atoms with Crippen molar-refractivity contribution in [1.82, 2.24) is 4.90 Å². The smallest absolute Gasteiger partial charge is 0.310 e. The molecular weight excluding hydrogens is 273 g/mol. The fourth-order valence-electron chi connectivity index (χ4n) is 2.13. The fourth-order valence-corrected chi connectivity index (χ4v) is 2.32. The standard InChI is InChI=1S/C13H13ClFNO3/c1-19-13(18)9-5-11(17)16(7-9)6-8-3-2-4-10(14)12(8)15/h2-4,9H,5-7H2,1H3. The number of hydrogen-bond acceptors (Lipinski definition) is 3. The van der Waals surface area contributed by atoms with Gasteiger partial charge < -0.3 is 9.64 Å². The van der Waals surface area contributed by atoms with E-state index in [2.05, 4.69) is 4.74 Å². The second kappa shape index (κ2) is 5.57. The first kappa shape index (κ1) is 13.8. The van der Waals surface area contributed by atoms with Gasteiger partial charge in [0.25, 0.3) is 0 Å². The van der Waals surface area contributed by atoms with Crippen molar-refractivity contribution < 1.29 is 18.7 Å². The van der Waals surface area contributed by atoms with Crippen molar-refractivity contribution in [3.05, 3.63) is 34.6 Å². The first-order valence-corrected chi connectivity index (χ1v) is 6.19. The first-order chi connectivity index (χ1) is 9.02. The summed E-state index contributed by atoms with van der Waals surface area (Å²) in [6.07, 6.45) is 0.106. The molecular formula is C13H13ClFNO3. The summed E-state index contributed by atoms with van der Waals surface area (Å²) < 4.78 is 18.4. The summed E-state index contributed by atoms with van der Waals surface area (Å²) in [5.74, 6) is -1.60. The first-order valence-electron chi connectivity index (χ1n) is 5.81. The van der Waals surface area contributed by atoms with Crippen molar-refractivity contribution in [2.75, 3.05) is 13.7 Å². The maximum atomic E-state index is 13.7. The topological polar surface area (TPSA) is 46.6 Å². The van der Waals surface area contributed by atoms with E-state index in [1.807, 2.05) is 0 Å². The third-order valence-electron chi connectivity index (χ3n) is 3.14.